The number of aromatic amines is 1. The van der Waals surface area contributed by atoms with E-state index >= 15 is 0 Å². The van der Waals surface area contributed by atoms with Gasteiger partial charge < -0.3 is 10.7 Å². The number of fused-ring (bicyclic) bond motifs is 1. The van der Waals surface area contributed by atoms with E-state index in [9.17, 15) is 0 Å². The highest BCUT2D eigenvalue weighted by Crippen LogP contribution is 2.35. The molecule has 0 unspecified atom stereocenters. The first-order valence-electron chi connectivity index (χ1n) is 5.25. The molecule has 0 spiro atoms. The fourth-order valence-corrected chi connectivity index (χ4v) is 2.96. The fourth-order valence-electron chi connectivity index (χ4n) is 1.70. The summed E-state index contributed by atoms with van der Waals surface area (Å²) in [5.41, 5.74) is 6.62. The van der Waals surface area contributed by atoms with Crippen LogP contribution in [-0.2, 0) is 0 Å². The molecule has 2 aromatic heterocycles. The van der Waals surface area contributed by atoms with Crippen LogP contribution in [0.15, 0.2) is 46.6 Å². The SMILES string of the molecule is Nc1ncnc2[nH]cc(Sc3cccc(Cl)c3)c12. The smallest absolute Gasteiger partial charge is 0.144 e. The zero-order valence-electron chi connectivity index (χ0n) is 9.22. The summed E-state index contributed by atoms with van der Waals surface area (Å²) in [4.78, 5) is 13.3. The monoisotopic (exact) mass is 276 g/mol. The Bertz CT molecular complexity index is 710. The molecule has 0 atom stereocenters. The molecule has 0 amide bonds. The van der Waals surface area contributed by atoms with Crippen LogP contribution < -0.4 is 5.73 Å². The molecule has 0 bridgehead atoms. The number of anilines is 1. The Hall–Kier alpha value is -1.72. The minimum Gasteiger partial charge on any atom is -0.383 e. The molecule has 4 nitrogen and oxygen atoms in total. The Morgan fingerprint density at radius 3 is 3.00 bits per heavy atom. The van der Waals surface area contributed by atoms with Crippen LogP contribution in [0.25, 0.3) is 11.0 Å². The number of rotatable bonds is 2. The number of aromatic nitrogens is 3. The number of hydrogen-bond donors (Lipinski definition) is 2. The zero-order valence-corrected chi connectivity index (χ0v) is 10.8. The van der Waals surface area contributed by atoms with E-state index < -0.39 is 0 Å². The number of halogens is 1. The summed E-state index contributed by atoms with van der Waals surface area (Å²) in [6.07, 6.45) is 3.32. The highest BCUT2D eigenvalue weighted by atomic mass is 35.5. The lowest BCUT2D eigenvalue weighted by Crippen LogP contribution is -1.91. The van der Waals surface area contributed by atoms with Gasteiger partial charge in [-0.2, -0.15) is 0 Å². The van der Waals surface area contributed by atoms with Crippen molar-refractivity contribution in [2.24, 2.45) is 0 Å². The van der Waals surface area contributed by atoms with Gasteiger partial charge in [0.2, 0.25) is 0 Å². The van der Waals surface area contributed by atoms with Gasteiger partial charge in [0.1, 0.15) is 17.8 Å². The summed E-state index contributed by atoms with van der Waals surface area (Å²) in [5, 5.41) is 1.56. The molecule has 0 saturated heterocycles. The predicted molar refractivity (Wildman–Crippen MR) is 73.9 cm³/mol. The molecule has 6 heteroatoms. The maximum absolute atomic E-state index is 5.96. The first-order chi connectivity index (χ1) is 8.74. The van der Waals surface area contributed by atoms with Crippen LogP contribution in [0.5, 0.6) is 0 Å². The van der Waals surface area contributed by atoms with E-state index in [1.165, 1.54) is 6.33 Å². The first-order valence-corrected chi connectivity index (χ1v) is 6.44. The molecule has 90 valence electrons. The molecule has 0 aliphatic heterocycles. The highest BCUT2D eigenvalue weighted by molar-refractivity contribution is 7.99. The summed E-state index contributed by atoms with van der Waals surface area (Å²) in [5.74, 6) is 0.478. The quantitative estimate of drug-likeness (QED) is 0.753. The summed E-state index contributed by atoms with van der Waals surface area (Å²) < 4.78 is 0. The van der Waals surface area contributed by atoms with Crippen LogP contribution in [0.1, 0.15) is 0 Å². The van der Waals surface area contributed by atoms with Gasteiger partial charge in [-0.1, -0.05) is 29.4 Å². The Kier molecular flexibility index (Phi) is 2.85. The second-order valence-electron chi connectivity index (χ2n) is 3.69. The number of nitrogen functional groups attached to an aromatic ring is 1. The van der Waals surface area contributed by atoms with Gasteiger partial charge in [-0.15, -0.1) is 0 Å². The summed E-state index contributed by atoms with van der Waals surface area (Å²) in [7, 11) is 0. The third-order valence-corrected chi connectivity index (χ3v) is 3.75. The van der Waals surface area contributed by atoms with Gasteiger partial charge in [-0.05, 0) is 18.2 Å². The zero-order chi connectivity index (χ0) is 12.5. The van der Waals surface area contributed by atoms with Crippen molar-refractivity contribution in [3.63, 3.8) is 0 Å². The normalized spacial score (nSPS) is 10.9. The summed E-state index contributed by atoms with van der Waals surface area (Å²) in [6, 6.07) is 7.66. The molecule has 0 aliphatic carbocycles. The van der Waals surface area contributed by atoms with Crippen molar-refractivity contribution in [1.29, 1.82) is 0 Å². The minimum absolute atomic E-state index is 0.478. The average molecular weight is 277 g/mol. The van der Waals surface area contributed by atoms with Crippen molar-refractivity contribution in [1.82, 2.24) is 15.0 Å². The lowest BCUT2D eigenvalue weighted by Gasteiger charge is -2.01. The van der Waals surface area contributed by atoms with Crippen LogP contribution in [-0.4, -0.2) is 15.0 Å². The Morgan fingerprint density at radius 2 is 2.17 bits per heavy atom. The van der Waals surface area contributed by atoms with Gasteiger partial charge in [0.05, 0.1) is 5.39 Å². The van der Waals surface area contributed by atoms with E-state index in [-0.39, 0.29) is 0 Å². The molecule has 0 aliphatic rings. The standard InChI is InChI=1S/C12H9ClN4S/c13-7-2-1-3-8(4-7)18-9-5-15-12-10(9)11(14)16-6-17-12/h1-6H,(H3,14,15,16,17). The second kappa shape index (κ2) is 4.51. The molecule has 3 N–H and O–H groups in total. The molecule has 3 aromatic rings. The van der Waals surface area contributed by atoms with Crippen LogP contribution in [0.4, 0.5) is 5.82 Å². The number of benzene rings is 1. The fraction of sp³-hybridized carbons (Fsp3) is 0. The minimum atomic E-state index is 0.478. The maximum atomic E-state index is 5.96. The Morgan fingerprint density at radius 1 is 1.28 bits per heavy atom. The maximum Gasteiger partial charge on any atom is 0.144 e. The van der Waals surface area contributed by atoms with Crippen molar-refractivity contribution in [3.8, 4) is 0 Å². The molecule has 18 heavy (non-hydrogen) atoms. The predicted octanol–water partition coefficient (Wildman–Crippen LogP) is 3.34. The number of nitrogens with zero attached hydrogens (tertiary/aromatic N) is 2. The lowest BCUT2D eigenvalue weighted by atomic mass is 10.4. The van der Waals surface area contributed by atoms with E-state index in [1.54, 1.807) is 11.8 Å². The number of nitrogens with two attached hydrogens (primary N) is 1. The number of hydrogen-bond acceptors (Lipinski definition) is 4. The van der Waals surface area contributed by atoms with Gasteiger partial charge in [-0.3, -0.25) is 0 Å². The third-order valence-electron chi connectivity index (χ3n) is 2.49. The molecule has 3 rings (SSSR count). The third kappa shape index (κ3) is 2.02. The average Bonchev–Trinajstić information content (AvgIpc) is 2.74. The number of H-pyrrole nitrogens is 1. The molecular formula is C12H9ClN4S. The molecule has 0 saturated carbocycles. The van der Waals surface area contributed by atoms with Crippen molar-refractivity contribution in [3.05, 3.63) is 41.8 Å². The van der Waals surface area contributed by atoms with Gasteiger partial charge in [-0.25, -0.2) is 9.97 Å². The van der Waals surface area contributed by atoms with Crippen molar-refractivity contribution in [2.75, 3.05) is 5.73 Å². The van der Waals surface area contributed by atoms with E-state index in [1.807, 2.05) is 30.5 Å². The Labute approximate surface area is 113 Å². The summed E-state index contributed by atoms with van der Waals surface area (Å²) in [6.45, 7) is 0. The second-order valence-corrected chi connectivity index (χ2v) is 5.25. The Balaban J connectivity index is 2.05. The molecule has 0 fully saturated rings. The largest absolute Gasteiger partial charge is 0.383 e. The first kappa shape index (κ1) is 11.4. The highest BCUT2D eigenvalue weighted by Gasteiger charge is 2.10. The van der Waals surface area contributed by atoms with Crippen molar-refractivity contribution in [2.45, 2.75) is 9.79 Å². The topological polar surface area (TPSA) is 67.6 Å². The lowest BCUT2D eigenvalue weighted by molar-refractivity contribution is 1.21. The molecule has 0 radical (unpaired) electrons. The number of nitrogens with one attached hydrogen (secondary N) is 1. The van der Waals surface area contributed by atoms with Crippen LogP contribution in [0, 0.1) is 0 Å². The van der Waals surface area contributed by atoms with Crippen LogP contribution >= 0.6 is 23.4 Å². The van der Waals surface area contributed by atoms with E-state index in [0.717, 1.165) is 20.8 Å². The van der Waals surface area contributed by atoms with Crippen molar-refractivity contribution < 1.29 is 0 Å². The molecule has 2 heterocycles. The van der Waals surface area contributed by atoms with E-state index in [2.05, 4.69) is 15.0 Å². The van der Waals surface area contributed by atoms with Gasteiger partial charge >= 0.3 is 0 Å². The van der Waals surface area contributed by atoms with E-state index in [4.69, 9.17) is 17.3 Å². The van der Waals surface area contributed by atoms with E-state index in [0.29, 0.717) is 10.8 Å². The van der Waals surface area contributed by atoms with Gasteiger partial charge in [0.15, 0.2) is 0 Å². The van der Waals surface area contributed by atoms with Crippen molar-refractivity contribution >= 4 is 40.2 Å². The summed E-state index contributed by atoms with van der Waals surface area (Å²) >= 11 is 7.54. The van der Waals surface area contributed by atoms with Gasteiger partial charge in [0, 0.05) is 21.0 Å². The molecular weight excluding hydrogens is 268 g/mol. The van der Waals surface area contributed by atoms with Crippen LogP contribution in [0.3, 0.4) is 0 Å². The van der Waals surface area contributed by atoms with Gasteiger partial charge in [0.25, 0.3) is 0 Å². The molecule has 1 aromatic carbocycles. The van der Waals surface area contributed by atoms with Crippen LogP contribution in [0.2, 0.25) is 5.02 Å².